The molecule has 0 amide bonds. The van der Waals surface area contributed by atoms with Crippen molar-refractivity contribution in [3.8, 4) is 33.4 Å². The zero-order chi connectivity index (χ0) is 31.9. The molecule has 1 N–H and O–H groups in total. The third-order valence-corrected chi connectivity index (χ3v) is 10.5. The van der Waals surface area contributed by atoms with Gasteiger partial charge in [-0.2, -0.15) is 0 Å². The third-order valence-electron chi connectivity index (χ3n) is 9.35. The van der Waals surface area contributed by atoms with Crippen LogP contribution in [0.25, 0.3) is 60.3 Å². The second-order valence-corrected chi connectivity index (χ2v) is 13.4. The van der Waals surface area contributed by atoms with Crippen LogP contribution in [0.15, 0.2) is 170 Å². The average Bonchev–Trinajstić information content (AvgIpc) is 3.54. The molecule has 0 spiro atoms. The van der Waals surface area contributed by atoms with Crippen molar-refractivity contribution in [3.05, 3.63) is 180 Å². The van der Waals surface area contributed by atoms with Gasteiger partial charge in [-0.15, -0.1) is 11.3 Å². The largest absolute Gasteiger partial charge is 0.386 e. The maximum absolute atomic E-state index is 3.35. The van der Waals surface area contributed by atoms with Gasteiger partial charge < -0.3 is 10.2 Å². The maximum Gasteiger partial charge on any atom is 0.0495 e. The molecular formula is C45H32N2S. The lowest BCUT2D eigenvalue weighted by molar-refractivity contribution is 0.878. The van der Waals surface area contributed by atoms with Crippen molar-refractivity contribution in [2.75, 3.05) is 4.90 Å². The fourth-order valence-electron chi connectivity index (χ4n) is 6.91. The van der Waals surface area contributed by atoms with Crippen LogP contribution in [-0.2, 0) is 6.54 Å². The first-order valence-electron chi connectivity index (χ1n) is 16.4. The fraction of sp³-hybridized carbons (Fsp3) is 0.0222. The van der Waals surface area contributed by atoms with Gasteiger partial charge in [-0.1, -0.05) is 121 Å². The third kappa shape index (κ3) is 5.15. The van der Waals surface area contributed by atoms with Crippen molar-refractivity contribution in [1.82, 2.24) is 5.32 Å². The van der Waals surface area contributed by atoms with Gasteiger partial charge in [0.1, 0.15) is 0 Å². The van der Waals surface area contributed by atoms with Crippen LogP contribution in [0.5, 0.6) is 0 Å². The number of nitrogens with one attached hydrogen (secondary N) is 1. The molecule has 8 aromatic rings. The van der Waals surface area contributed by atoms with E-state index in [-0.39, 0.29) is 0 Å². The van der Waals surface area contributed by atoms with Gasteiger partial charge in [0, 0.05) is 38.6 Å². The van der Waals surface area contributed by atoms with Crippen molar-refractivity contribution >= 4 is 55.3 Å². The quantitative estimate of drug-likeness (QED) is 0.196. The Bertz CT molecular complexity index is 2420. The summed E-state index contributed by atoms with van der Waals surface area (Å²) in [6, 6.07) is 59.4. The van der Waals surface area contributed by atoms with Gasteiger partial charge in [-0.05, 0) is 104 Å². The van der Waals surface area contributed by atoms with Crippen LogP contribution in [0.1, 0.15) is 10.4 Å². The molecule has 1 aliphatic heterocycles. The lowest BCUT2D eigenvalue weighted by atomic mass is 9.98. The van der Waals surface area contributed by atoms with E-state index in [1.807, 2.05) is 11.3 Å². The van der Waals surface area contributed by atoms with Crippen LogP contribution in [-0.4, -0.2) is 0 Å². The zero-order valence-electron chi connectivity index (χ0n) is 26.3. The van der Waals surface area contributed by atoms with E-state index < -0.39 is 0 Å². The Balaban J connectivity index is 1.09. The fourth-order valence-corrected chi connectivity index (χ4v) is 8.09. The van der Waals surface area contributed by atoms with Crippen LogP contribution >= 0.6 is 11.3 Å². The van der Waals surface area contributed by atoms with Gasteiger partial charge in [-0.25, -0.2) is 0 Å². The average molecular weight is 633 g/mol. The van der Waals surface area contributed by atoms with Gasteiger partial charge in [0.25, 0.3) is 0 Å². The highest BCUT2D eigenvalue weighted by atomic mass is 32.1. The first-order valence-corrected chi connectivity index (χ1v) is 17.2. The molecule has 48 heavy (non-hydrogen) atoms. The minimum Gasteiger partial charge on any atom is -0.386 e. The molecule has 228 valence electrons. The van der Waals surface area contributed by atoms with Gasteiger partial charge in [0.05, 0.1) is 0 Å². The molecule has 9 rings (SSSR count). The van der Waals surface area contributed by atoms with E-state index in [4.69, 9.17) is 0 Å². The Morgan fingerprint density at radius 1 is 0.479 bits per heavy atom. The number of fused-ring (bicyclic) bond motifs is 4. The Morgan fingerprint density at radius 2 is 1.06 bits per heavy atom. The zero-order valence-corrected chi connectivity index (χ0v) is 27.1. The molecule has 3 heteroatoms. The lowest BCUT2D eigenvalue weighted by Gasteiger charge is -2.26. The summed E-state index contributed by atoms with van der Waals surface area (Å²) in [6.45, 7) is 0.903. The summed E-state index contributed by atoms with van der Waals surface area (Å²) in [4.78, 5) is 3.75. The molecule has 0 radical (unpaired) electrons. The molecule has 0 aliphatic carbocycles. The molecule has 7 aromatic carbocycles. The van der Waals surface area contributed by atoms with Crippen molar-refractivity contribution in [2.24, 2.45) is 0 Å². The molecule has 0 saturated heterocycles. The summed E-state index contributed by atoms with van der Waals surface area (Å²) in [5, 5.41) is 7.21. The van der Waals surface area contributed by atoms with Crippen LogP contribution in [0, 0.1) is 0 Å². The van der Waals surface area contributed by atoms with Gasteiger partial charge in [0.15, 0.2) is 0 Å². The number of hydrogen-bond acceptors (Lipinski definition) is 3. The number of rotatable bonds is 6. The summed E-state index contributed by atoms with van der Waals surface area (Å²) < 4.78 is 1.33. The minimum absolute atomic E-state index is 0.903. The Hall–Kier alpha value is -5.90. The predicted octanol–water partition coefficient (Wildman–Crippen LogP) is 12.6. The van der Waals surface area contributed by atoms with E-state index >= 15 is 0 Å². The second kappa shape index (κ2) is 12.0. The highest BCUT2D eigenvalue weighted by Crippen LogP contribution is 2.40. The number of thiophene rings is 1. The highest BCUT2D eigenvalue weighted by molar-refractivity contribution is 7.19. The van der Waals surface area contributed by atoms with E-state index in [2.05, 4.69) is 186 Å². The molecule has 2 heterocycles. The normalized spacial score (nSPS) is 12.2. The minimum atomic E-state index is 0.903. The Morgan fingerprint density at radius 3 is 1.79 bits per heavy atom. The number of benzene rings is 7. The number of hydrogen-bond donors (Lipinski definition) is 1. The van der Waals surface area contributed by atoms with Crippen LogP contribution in [0.4, 0.5) is 17.1 Å². The van der Waals surface area contributed by atoms with E-state index in [1.54, 1.807) is 0 Å². The summed E-state index contributed by atoms with van der Waals surface area (Å²) in [5.41, 5.74) is 12.0. The molecule has 0 fully saturated rings. The van der Waals surface area contributed by atoms with E-state index in [0.29, 0.717) is 0 Å². The molecule has 0 unspecified atom stereocenters. The summed E-state index contributed by atoms with van der Waals surface area (Å²) >= 11 is 1.89. The topological polar surface area (TPSA) is 15.3 Å². The monoisotopic (exact) mass is 632 g/mol. The van der Waals surface area contributed by atoms with Crippen LogP contribution < -0.4 is 10.2 Å². The molecule has 2 nitrogen and oxygen atoms in total. The molecule has 1 aliphatic rings. The smallest absolute Gasteiger partial charge is 0.0495 e. The van der Waals surface area contributed by atoms with Crippen molar-refractivity contribution < 1.29 is 0 Å². The molecule has 0 atom stereocenters. The standard InChI is InChI=1S/C45H32N2S/c1-2-7-31(8-3-1)32-13-20-37(21-14-32)47(39-24-17-35(18-25-39)41-12-6-10-34-9-4-5-11-40(34)41)38-22-15-33(16-23-38)36-19-26-42-43-27-28-46-30-45(43)48-44(42)29-36/h1-29,46H,30H2. The van der Waals surface area contributed by atoms with Gasteiger partial charge in [-0.3, -0.25) is 0 Å². The van der Waals surface area contributed by atoms with Gasteiger partial charge in [0.2, 0.25) is 0 Å². The predicted molar refractivity (Wildman–Crippen MR) is 206 cm³/mol. The molecule has 1 aromatic heterocycles. The molecule has 0 bridgehead atoms. The number of nitrogens with zero attached hydrogens (tertiary/aromatic N) is 1. The first-order chi connectivity index (χ1) is 23.8. The summed E-state index contributed by atoms with van der Waals surface area (Å²) in [7, 11) is 0. The Labute approximate surface area is 284 Å². The van der Waals surface area contributed by atoms with Crippen molar-refractivity contribution in [2.45, 2.75) is 6.54 Å². The SMILES string of the molecule is C1=Cc2c(sc3cc(-c4ccc(N(c5ccc(-c6ccccc6)cc5)c5ccc(-c6cccc7ccccc67)cc5)cc4)ccc23)CN1. The van der Waals surface area contributed by atoms with Crippen molar-refractivity contribution in [3.63, 3.8) is 0 Å². The number of anilines is 3. The second-order valence-electron chi connectivity index (χ2n) is 12.2. The first kappa shape index (κ1) is 28.3. The van der Waals surface area contributed by atoms with E-state index in [0.717, 1.165) is 23.6 Å². The Kier molecular flexibility index (Phi) is 7.10. The van der Waals surface area contributed by atoms with Crippen LogP contribution in [0.3, 0.4) is 0 Å². The summed E-state index contributed by atoms with van der Waals surface area (Å²) in [6.07, 6.45) is 4.25. The van der Waals surface area contributed by atoms with Gasteiger partial charge >= 0.3 is 0 Å². The summed E-state index contributed by atoms with van der Waals surface area (Å²) in [5.74, 6) is 0. The maximum atomic E-state index is 3.35. The highest BCUT2D eigenvalue weighted by Gasteiger charge is 2.16. The molecule has 0 saturated carbocycles. The van der Waals surface area contributed by atoms with Crippen LogP contribution in [0.2, 0.25) is 0 Å². The van der Waals surface area contributed by atoms with Crippen molar-refractivity contribution in [1.29, 1.82) is 0 Å². The van der Waals surface area contributed by atoms with E-state index in [1.165, 1.54) is 64.7 Å². The lowest BCUT2D eigenvalue weighted by Crippen LogP contribution is -2.09. The van der Waals surface area contributed by atoms with E-state index in [9.17, 15) is 0 Å². The molecular weight excluding hydrogens is 601 g/mol.